The number of benzene rings is 2. The maximum absolute atomic E-state index is 12.9. The van der Waals surface area contributed by atoms with Gasteiger partial charge in [-0.05, 0) is 30.2 Å². The lowest BCUT2D eigenvalue weighted by Gasteiger charge is -2.16. The molecule has 1 fully saturated rings. The van der Waals surface area contributed by atoms with E-state index in [2.05, 4.69) is 10.3 Å². The second-order valence-electron chi connectivity index (χ2n) is 7.44. The van der Waals surface area contributed by atoms with Crippen LogP contribution in [0, 0.1) is 6.92 Å². The minimum atomic E-state index is -0.666. The Balaban J connectivity index is 1.61. The summed E-state index contributed by atoms with van der Waals surface area (Å²) in [5, 5.41) is 3.24. The fourth-order valence-electron chi connectivity index (χ4n) is 3.77. The molecule has 0 spiro atoms. The number of pyridine rings is 1. The van der Waals surface area contributed by atoms with Crippen LogP contribution in [-0.4, -0.2) is 47.4 Å². The number of ether oxygens (including phenoxy) is 2. The first-order valence-electron chi connectivity index (χ1n) is 10.2. The molecule has 33 heavy (non-hydrogen) atoms. The summed E-state index contributed by atoms with van der Waals surface area (Å²) in [7, 11) is 1.28. The molecule has 3 amide bonds. The Morgan fingerprint density at radius 3 is 2.52 bits per heavy atom. The number of aryl methyl sites for hydroxylation is 1. The number of methoxy groups -OCH3 is 1. The van der Waals surface area contributed by atoms with E-state index in [9.17, 15) is 19.2 Å². The smallest absolute Gasteiger partial charge is 0.340 e. The molecule has 9 nitrogen and oxygen atoms in total. The van der Waals surface area contributed by atoms with Crippen LogP contribution in [0.25, 0.3) is 10.9 Å². The van der Waals surface area contributed by atoms with Crippen LogP contribution in [0.3, 0.4) is 0 Å². The number of carbonyl (C=O) groups excluding carboxylic acids is 4. The maximum Gasteiger partial charge on any atom is 0.340 e. The molecule has 0 atom stereocenters. The third-order valence-corrected chi connectivity index (χ3v) is 5.46. The number of fused-ring (bicyclic) bond motifs is 1. The summed E-state index contributed by atoms with van der Waals surface area (Å²) in [6.45, 7) is 1.40. The van der Waals surface area contributed by atoms with Crippen molar-refractivity contribution in [3.8, 4) is 0 Å². The monoisotopic (exact) mass is 447 g/mol. The fourth-order valence-corrected chi connectivity index (χ4v) is 3.77. The van der Waals surface area contributed by atoms with Crippen LogP contribution in [0.15, 0.2) is 48.5 Å². The van der Waals surface area contributed by atoms with Crippen LogP contribution in [0.4, 0.5) is 4.79 Å². The van der Waals surface area contributed by atoms with Crippen molar-refractivity contribution >= 4 is 34.8 Å². The molecule has 3 aromatic rings. The van der Waals surface area contributed by atoms with E-state index >= 15 is 0 Å². The first-order valence-corrected chi connectivity index (χ1v) is 10.2. The number of aromatic nitrogens is 1. The first-order chi connectivity index (χ1) is 15.9. The standard InChI is InChI=1S/C24H21N3O6/c1-14-16-8-5-6-10-18(16)26-19(21(14)23(30)32-2)13-33-22(29)17-9-4-3-7-15(17)12-27-20(28)11-25-24(27)31/h3-10H,11-13H2,1-2H3,(H,25,31). The van der Waals surface area contributed by atoms with Gasteiger partial charge in [-0.1, -0.05) is 36.4 Å². The average molecular weight is 447 g/mol. The lowest BCUT2D eigenvalue weighted by Crippen LogP contribution is -2.31. The van der Waals surface area contributed by atoms with Crippen LogP contribution >= 0.6 is 0 Å². The molecule has 2 aromatic carbocycles. The van der Waals surface area contributed by atoms with E-state index in [1.54, 1.807) is 31.2 Å². The third-order valence-electron chi connectivity index (χ3n) is 5.46. The van der Waals surface area contributed by atoms with Crippen molar-refractivity contribution < 1.29 is 28.7 Å². The van der Waals surface area contributed by atoms with E-state index in [4.69, 9.17) is 9.47 Å². The van der Waals surface area contributed by atoms with E-state index in [0.29, 0.717) is 16.6 Å². The SMILES string of the molecule is COC(=O)c1c(COC(=O)c2ccccc2CN2C(=O)CNC2=O)nc2ccccc2c1C. The van der Waals surface area contributed by atoms with Gasteiger partial charge in [0.15, 0.2) is 0 Å². The molecular formula is C24H21N3O6. The Bertz CT molecular complexity index is 1270. The van der Waals surface area contributed by atoms with E-state index in [0.717, 1.165) is 10.3 Å². The van der Waals surface area contributed by atoms with Gasteiger partial charge in [-0.25, -0.2) is 19.4 Å². The van der Waals surface area contributed by atoms with Crippen molar-refractivity contribution in [1.29, 1.82) is 0 Å². The lowest BCUT2D eigenvalue weighted by atomic mass is 10.0. The zero-order valence-corrected chi connectivity index (χ0v) is 18.1. The molecular weight excluding hydrogens is 426 g/mol. The summed E-state index contributed by atoms with van der Waals surface area (Å²) in [6.07, 6.45) is 0. The number of nitrogens with one attached hydrogen (secondary N) is 1. The van der Waals surface area contributed by atoms with Gasteiger partial charge in [0.25, 0.3) is 0 Å². The van der Waals surface area contributed by atoms with Gasteiger partial charge in [-0.2, -0.15) is 0 Å². The third kappa shape index (κ3) is 4.25. The highest BCUT2D eigenvalue weighted by atomic mass is 16.5. The second-order valence-corrected chi connectivity index (χ2v) is 7.44. The Morgan fingerprint density at radius 2 is 1.79 bits per heavy atom. The van der Waals surface area contributed by atoms with E-state index in [-0.39, 0.29) is 42.4 Å². The summed E-state index contributed by atoms with van der Waals surface area (Å²) < 4.78 is 10.4. The number of carbonyl (C=O) groups is 4. The van der Waals surface area contributed by atoms with Gasteiger partial charge in [-0.3, -0.25) is 9.69 Å². The zero-order valence-electron chi connectivity index (χ0n) is 18.1. The molecule has 1 aliphatic rings. The quantitative estimate of drug-likeness (QED) is 0.456. The number of hydrogen-bond donors (Lipinski definition) is 1. The average Bonchev–Trinajstić information content (AvgIpc) is 3.14. The predicted molar refractivity (Wildman–Crippen MR) is 117 cm³/mol. The Morgan fingerprint density at radius 1 is 1.06 bits per heavy atom. The van der Waals surface area contributed by atoms with Crippen molar-refractivity contribution in [3.63, 3.8) is 0 Å². The van der Waals surface area contributed by atoms with Gasteiger partial charge in [0.2, 0.25) is 5.91 Å². The molecule has 0 saturated carbocycles. The molecule has 1 N–H and O–H groups in total. The number of esters is 2. The molecule has 0 unspecified atom stereocenters. The van der Waals surface area contributed by atoms with Crippen LogP contribution in [0.2, 0.25) is 0 Å². The summed E-state index contributed by atoms with van der Waals surface area (Å²) in [4.78, 5) is 54.7. The Labute approximate surface area is 189 Å². The molecule has 1 aromatic heterocycles. The van der Waals surface area contributed by atoms with E-state index in [1.807, 2.05) is 24.3 Å². The normalized spacial score (nSPS) is 13.2. The number of imide groups is 1. The van der Waals surface area contributed by atoms with Crippen molar-refractivity contribution in [3.05, 3.63) is 76.5 Å². The van der Waals surface area contributed by atoms with Gasteiger partial charge in [0, 0.05) is 5.39 Å². The van der Waals surface area contributed by atoms with Crippen LogP contribution in [-0.2, 0) is 27.4 Å². The van der Waals surface area contributed by atoms with Crippen LogP contribution in [0.5, 0.6) is 0 Å². The first kappa shape index (κ1) is 21.9. The molecule has 168 valence electrons. The number of amides is 3. The molecule has 2 heterocycles. The number of rotatable bonds is 6. The van der Waals surface area contributed by atoms with Gasteiger partial charge < -0.3 is 14.8 Å². The zero-order chi connectivity index (χ0) is 23.5. The summed E-state index contributed by atoms with van der Waals surface area (Å²) >= 11 is 0. The van der Waals surface area contributed by atoms with Crippen molar-refractivity contribution in [2.45, 2.75) is 20.1 Å². The van der Waals surface area contributed by atoms with Gasteiger partial charge >= 0.3 is 18.0 Å². The van der Waals surface area contributed by atoms with Crippen molar-refractivity contribution in [2.24, 2.45) is 0 Å². The number of para-hydroxylation sites is 1. The van der Waals surface area contributed by atoms with Crippen molar-refractivity contribution in [1.82, 2.24) is 15.2 Å². The van der Waals surface area contributed by atoms with Gasteiger partial charge in [0.05, 0.1) is 42.5 Å². The van der Waals surface area contributed by atoms with Gasteiger partial charge in [-0.15, -0.1) is 0 Å². The van der Waals surface area contributed by atoms with E-state index < -0.39 is 18.0 Å². The Kier molecular flexibility index (Phi) is 6.03. The van der Waals surface area contributed by atoms with Crippen molar-refractivity contribution in [2.75, 3.05) is 13.7 Å². The molecule has 9 heteroatoms. The number of nitrogens with zero attached hydrogens (tertiary/aromatic N) is 2. The summed E-state index contributed by atoms with van der Waals surface area (Å²) in [5.41, 5.74) is 2.53. The molecule has 1 saturated heterocycles. The topological polar surface area (TPSA) is 115 Å². The molecule has 0 radical (unpaired) electrons. The molecule has 0 bridgehead atoms. The Hall–Kier alpha value is -4.27. The maximum atomic E-state index is 12.9. The molecule has 1 aliphatic heterocycles. The summed E-state index contributed by atoms with van der Waals surface area (Å²) in [5.74, 6) is -1.61. The largest absolute Gasteiger partial charge is 0.465 e. The van der Waals surface area contributed by atoms with Crippen LogP contribution < -0.4 is 5.32 Å². The number of urea groups is 1. The fraction of sp³-hybridized carbons (Fsp3) is 0.208. The number of hydrogen-bond acceptors (Lipinski definition) is 7. The highest BCUT2D eigenvalue weighted by Gasteiger charge is 2.30. The van der Waals surface area contributed by atoms with E-state index in [1.165, 1.54) is 7.11 Å². The van der Waals surface area contributed by atoms with Crippen LogP contribution in [0.1, 0.15) is 37.5 Å². The highest BCUT2D eigenvalue weighted by molar-refractivity contribution is 6.02. The molecule has 0 aliphatic carbocycles. The predicted octanol–water partition coefficient (Wildman–Crippen LogP) is 2.74. The second kappa shape index (κ2) is 9.07. The highest BCUT2D eigenvalue weighted by Crippen LogP contribution is 2.25. The lowest BCUT2D eigenvalue weighted by molar-refractivity contribution is -0.125. The van der Waals surface area contributed by atoms with Gasteiger partial charge in [0.1, 0.15) is 6.61 Å². The minimum absolute atomic E-state index is 0.0588. The molecule has 4 rings (SSSR count). The minimum Gasteiger partial charge on any atom is -0.465 e. The summed E-state index contributed by atoms with van der Waals surface area (Å²) in [6, 6.07) is 13.4.